The maximum Gasteiger partial charge on any atom is 0.325 e. The van der Waals surface area contributed by atoms with Crippen LogP contribution >= 0.6 is 11.9 Å². The highest BCUT2D eigenvalue weighted by Crippen LogP contribution is 2.12. The fraction of sp³-hybridized carbons (Fsp3) is 0.300. The topological polar surface area (TPSA) is 41.1 Å². The number of urea groups is 1. The number of benzene rings is 1. The van der Waals surface area contributed by atoms with Gasteiger partial charge in [-0.15, -0.1) is 0 Å². The van der Waals surface area contributed by atoms with E-state index < -0.39 is 0 Å². The lowest BCUT2D eigenvalue weighted by Crippen LogP contribution is -2.31. The molecule has 0 bridgehead atoms. The van der Waals surface area contributed by atoms with Gasteiger partial charge in [-0.2, -0.15) is 0 Å². The van der Waals surface area contributed by atoms with E-state index in [2.05, 4.69) is 10.0 Å². The highest BCUT2D eigenvalue weighted by Gasteiger charge is 1.98. The first-order valence-electron chi connectivity index (χ1n) is 4.58. The zero-order valence-corrected chi connectivity index (χ0v) is 8.93. The predicted octanol–water partition coefficient (Wildman–Crippen LogP) is 2.40. The molecular weight excluding hydrogens is 196 g/mol. The van der Waals surface area contributed by atoms with Crippen LogP contribution in [0.25, 0.3) is 0 Å². The monoisotopic (exact) mass is 210 g/mol. The molecule has 4 heteroatoms. The van der Waals surface area contributed by atoms with E-state index in [-0.39, 0.29) is 6.03 Å². The van der Waals surface area contributed by atoms with Gasteiger partial charge in [0, 0.05) is 11.4 Å². The van der Waals surface area contributed by atoms with Crippen LogP contribution in [0, 0.1) is 0 Å². The second-order valence-corrected chi connectivity index (χ2v) is 3.65. The summed E-state index contributed by atoms with van der Waals surface area (Å²) in [4.78, 5) is 12.2. The number of rotatable bonds is 4. The normalized spacial score (nSPS) is 9.50. The predicted molar refractivity (Wildman–Crippen MR) is 59.1 cm³/mol. The number of nitrogens with one attached hydrogen (secondary N) is 2. The van der Waals surface area contributed by atoms with Gasteiger partial charge in [0.25, 0.3) is 0 Å². The summed E-state index contributed by atoms with van der Waals surface area (Å²) in [5.41, 5.74) is 0. The summed E-state index contributed by atoms with van der Waals surface area (Å²) in [6, 6.07) is 9.58. The summed E-state index contributed by atoms with van der Waals surface area (Å²) in [7, 11) is 0. The van der Waals surface area contributed by atoms with Crippen LogP contribution < -0.4 is 10.0 Å². The van der Waals surface area contributed by atoms with Crippen LogP contribution in [0.4, 0.5) is 4.79 Å². The van der Waals surface area contributed by atoms with Crippen molar-refractivity contribution in [2.45, 2.75) is 18.2 Å². The van der Waals surface area contributed by atoms with Crippen molar-refractivity contribution in [2.24, 2.45) is 0 Å². The van der Waals surface area contributed by atoms with Crippen LogP contribution in [0.1, 0.15) is 13.3 Å². The first kappa shape index (κ1) is 10.9. The van der Waals surface area contributed by atoms with Crippen LogP contribution in [0.15, 0.2) is 35.2 Å². The number of amides is 2. The van der Waals surface area contributed by atoms with Gasteiger partial charge in [-0.1, -0.05) is 25.1 Å². The molecule has 76 valence electrons. The Hall–Kier alpha value is -1.16. The zero-order valence-electron chi connectivity index (χ0n) is 8.12. The number of carbonyl (C=O) groups is 1. The van der Waals surface area contributed by atoms with Crippen molar-refractivity contribution in [3.05, 3.63) is 30.3 Å². The van der Waals surface area contributed by atoms with E-state index in [4.69, 9.17) is 0 Å². The molecule has 3 nitrogen and oxygen atoms in total. The molecule has 0 saturated heterocycles. The minimum atomic E-state index is -0.138. The number of hydrogen-bond donors (Lipinski definition) is 2. The smallest absolute Gasteiger partial charge is 0.325 e. The van der Waals surface area contributed by atoms with Gasteiger partial charge in [0.1, 0.15) is 0 Å². The summed E-state index contributed by atoms with van der Waals surface area (Å²) in [5, 5.41) is 2.73. The van der Waals surface area contributed by atoms with Crippen LogP contribution in [0.2, 0.25) is 0 Å². The van der Waals surface area contributed by atoms with E-state index in [0.717, 1.165) is 11.3 Å². The highest BCUT2D eigenvalue weighted by atomic mass is 32.2. The Kier molecular flexibility index (Phi) is 4.93. The Morgan fingerprint density at radius 3 is 2.71 bits per heavy atom. The molecular formula is C10H14N2OS. The van der Waals surface area contributed by atoms with E-state index >= 15 is 0 Å². The minimum Gasteiger partial charge on any atom is -0.337 e. The van der Waals surface area contributed by atoms with Gasteiger partial charge in [-0.25, -0.2) is 4.79 Å². The second kappa shape index (κ2) is 6.32. The standard InChI is InChI=1S/C10H14N2OS/c1-2-8-11-10(13)12-14-9-6-4-3-5-7-9/h3-7H,2,8H2,1H3,(H2,11,12,13). The van der Waals surface area contributed by atoms with Crippen molar-refractivity contribution in [1.82, 2.24) is 10.0 Å². The molecule has 1 rings (SSSR count). The van der Waals surface area contributed by atoms with E-state index in [1.807, 2.05) is 37.3 Å². The molecule has 0 aliphatic rings. The number of carbonyl (C=O) groups excluding carboxylic acids is 1. The molecule has 1 aromatic carbocycles. The molecule has 14 heavy (non-hydrogen) atoms. The maximum atomic E-state index is 11.1. The number of hydrogen-bond acceptors (Lipinski definition) is 2. The van der Waals surface area contributed by atoms with Crippen molar-refractivity contribution in [3.63, 3.8) is 0 Å². The molecule has 0 saturated carbocycles. The molecule has 0 aliphatic heterocycles. The molecule has 0 spiro atoms. The van der Waals surface area contributed by atoms with Crippen LogP contribution in [-0.2, 0) is 0 Å². The Bertz CT molecular complexity index is 277. The van der Waals surface area contributed by atoms with Gasteiger partial charge in [-0.05, 0) is 30.5 Å². The Labute approximate surface area is 88.4 Å². The van der Waals surface area contributed by atoms with Gasteiger partial charge in [0.15, 0.2) is 0 Å². The third kappa shape index (κ3) is 4.18. The molecule has 0 radical (unpaired) electrons. The van der Waals surface area contributed by atoms with Crippen molar-refractivity contribution in [3.8, 4) is 0 Å². The van der Waals surface area contributed by atoms with Crippen molar-refractivity contribution < 1.29 is 4.79 Å². The molecule has 2 N–H and O–H groups in total. The van der Waals surface area contributed by atoms with Crippen molar-refractivity contribution >= 4 is 18.0 Å². The average molecular weight is 210 g/mol. The summed E-state index contributed by atoms with van der Waals surface area (Å²) >= 11 is 1.32. The van der Waals surface area contributed by atoms with Crippen molar-refractivity contribution in [1.29, 1.82) is 0 Å². The fourth-order valence-corrected chi connectivity index (χ4v) is 1.44. The molecule has 1 aromatic rings. The first-order chi connectivity index (χ1) is 6.83. The van der Waals surface area contributed by atoms with Gasteiger partial charge in [-0.3, -0.25) is 4.72 Å². The molecule has 0 heterocycles. The lowest BCUT2D eigenvalue weighted by molar-refractivity contribution is 0.246. The largest absolute Gasteiger partial charge is 0.337 e. The molecule has 0 unspecified atom stereocenters. The molecule has 0 aliphatic carbocycles. The second-order valence-electron chi connectivity index (χ2n) is 2.77. The highest BCUT2D eigenvalue weighted by molar-refractivity contribution is 7.98. The van der Waals surface area contributed by atoms with Gasteiger partial charge < -0.3 is 5.32 Å². The lowest BCUT2D eigenvalue weighted by atomic mass is 10.4. The summed E-state index contributed by atoms with van der Waals surface area (Å²) in [6.07, 6.45) is 0.948. The maximum absolute atomic E-state index is 11.1. The van der Waals surface area contributed by atoms with Gasteiger partial charge >= 0.3 is 6.03 Å². The third-order valence-corrected chi connectivity index (χ3v) is 2.34. The van der Waals surface area contributed by atoms with Crippen molar-refractivity contribution in [2.75, 3.05) is 6.54 Å². The molecule has 0 fully saturated rings. The average Bonchev–Trinajstić information content (AvgIpc) is 2.25. The van der Waals surface area contributed by atoms with E-state index in [1.54, 1.807) is 0 Å². The lowest BCUT2D eigenvalue weighted by Gasteiger charge is -2.04. The van der Waals surface area contributed by atoms with Crippen LogP contribution in [-0.4, -0.2) is 12.6 Å². The Balaban J connectivity index is 2.24. The van der Waals surface area contributed by atoms with E-state index in [9.17, 15) is 4.79 Å². The SMILES string of the molecule is CCCNC(=O)NSc1ccccc1. The zero-order chi connectivity index (χ0) is 10.2. The van der Waals surface area contributed by atoms with Crippen LogP contribution in [0.5, 0.6) is 0 Å². The molecule has 2 amide bonds. The fourth-order valence-electron chi connectivity index (χ4n) is 0.868. The quantitative estimate of drug-likeness (QED) is 0.749. The Morgan fingerprint density at radius 2 is 2.07 bits per heavy atom. The molecule has 0 atom stereocenters. The van der Waals surface area contributed by atoms with E-state index in [1.165, 1.54) is 11.9 Å². The summed E-state index contributed by atoms with van der Waals surface area (Å²) < 4.78 is 2.70. The molecule has 0 aromatic heterocycles. The third-order valence-electron chi connectivity index (χ3n) is 1.54. The van der Waals surface area contributed by atoms with E-state index in [0.29, 0.717) is 6.54 Å². The van der Waals surface area contributed by atoms with Gasteiger partial charge in [0.05, 0.1) is 0 Å². The Morgan fingerprint density at radius 1 is 1.36 bits per heavy atom. The minimum absolute atomic E-state index is 0.138. The van der Waals surface area contributed by atoms with Gasteiger partial charge in [0.2, 0.25) is 0 Å². The summed E-state index contributed by atoms with van der Waals surface area (Å²) in [5.74, 6) is 0. The summed E-state index contributed by atoms with van der Waals surface area (Å²) in [6.45, 7) is 2.73. The first-order valence-corrected chi connectivity index (χ1v) is 5.40. The van der Waals surface area contributed by atoms with Crippen LogP contribution in [0.3, 0.4) is 0 Å².